The lowest BCUT2D eigenvalue weighted by Gasteiger charge is -2.56. The summed E-state index contributed by atoms with van der Waals surface area (Å²) in [6.07, 6.45) is 1.32. The van der Waals surface area contributed by atoms with Gasteiger partial charge in [-0.1, -0.05) is 639 Å². The Kier molecular flexibility index (Phi) is 40.9. The smallest absolute Gasteiger partial charge is 0.0700 e. The zero-order valence-corrected chi connectivity index (χ0v) is 122. The molecule has 1 heterocycles. The maximum absolute atomic E-state index is 3.24. The van der Waals surface area contributed by atoms with Crippen molar-refractivity contribution in [2.75, 3.05) is 0 Å². The average Bonchev–Trinajstić information content (AvgIpc) is 0.677. The number of hydrogen-bond donors (Lipinski definition) is 0. The van der Waals surface area contributed by atoms with Gasteiger partial charge in [0.2, 0.25) is 13.4 Å². The zero-order chi connectivity index (χ0) is 114. The standard InChI is InChI=1S/C135H240B2Si12/c1-82(2)140(83(3)4,84(5)6)114-74-122(138(59,60)61)132(124(76-114)143(91(19)20,92(21)22)93(23)24)136(134-126(145(97(31)32,98(33)34)99(35)36)78-116(142(88(13)14,89(15)16)90(17)18)79-127(134)146(100(37)38,101(39)40)102(41)42)120-71-67-112-66-70-119-121(72-68-113-65-69-118(120)130(112)131(113)119)137(133-123(139(62,63)64)75-115(141(85(7)8,86(9)10)87(11)12)77-125(133)144(94(25)26,95(27)28)96(29)30)135-128(147(103(43)44,104(45)46)105(47)48)80-117-81-129(135)149(108(53)54,109(55)56)111(58)73-110(57)148(117,106(49)50)107(51)52/h65-72,74-111H,73H2,1-64H3. The summed E-state index contributed by atoms with van der Waals surface area (Å²) in [6, 6.07) is 48.3. The Bertz CT molecular complexity index is 5580. The van der Waals surface area contributed by atoms with Crippen molar-refractivity contribution in [3.8, 4) is 0 Å². The summed E-state index contributed by atoms with van der Waals surface area (Å²) < 4.78 is 0. The molecule has 0 fully saturated rings. The monoisotopic (exact) mass is 2220 g/mol. The van der Waals surface area contributed by atoms with Crippen LogP contribution >= 0.6 is 0 Å². The molecule has 0 spiro atoms. The van der Waals surface area contributed by atoms with Gasteiger partial charge in [0.1, 0.15) is 0 Å². The molecule has 149 heavy (non-hydrogen) atoms. The molecule has 0 amide bonds. The summed E-state index contributed by atoms with van der Waals surface area (Å²) in [5.41, 5.74) is 25.9. The van der Waals surface area contributed by atoms with E-state index < -0.39 is 96.9 Å². The molecule has 0 saturated heterocycles. The summed E-state index contributed by atoms with van der Waals surface area (Å²) in [6.45, 7) is 177. The quantitative estimate of drug-likeness (QED) is 0.0264. The highest BCUT2D eigenvalue weighted by molar-refractivity contribution is 7.18. The van der Waals surface area contributed by atoms with Crippen LogP contribution in [0.1, 0.15) is 408 Å². The van der Waals surface area contributed by atoms with E-state index in [1.54, 1.807) is 37.1 Å². The van der Waals surface area contributed by atoms with E-state index >= 15 is 0 Å². The zero-order valence-electron chi connectivity index (χ0n) is 110. The molecule has 834 valence electrons. The van der Waals surface area contributed by atoms with Gasteiger partial charge >= 0.3 is 0 Å². The van der Waals surface area contributed by atoms with E-state index in [1.165, 1.54) is 38.7 Å². The minimum absolute atomic E-state index is 0.0670. The molecule has 8 aromatic rings. The maximum Gasteiger partial charge on any atom is 0.241 e. The Hall–Kier alpha value is -2.47. The van der Waals surface area contributed by atoms with Gasteiger partial charge in [0.05, 0.1) is 96.9 Å². The Morgan fingerprint density at radius 3 is 0.591 bits per heavy atom. The molecule has 0 radical (unpaired) electrons. The van der Waals surface area contributed by atoms with Crippen molar-refractivity contribution in [3.63, 3.8) is 0 Å². The third kappa shape index (κ3) is 19.8. The van der Waals surface area contributed by atoms with Crippen LogP contribution in [0.2, 0.25) is 206 Å². The van der Waals surface area contributed by atoms with Crippen LogP contribution in [0.25, 0.3) is 32.3 Å². The van der Waals surface area contributed by atoms with E-state index in [-0.39, 0.29) is 13.4 Å². The van der Waals surface area contributed by atoms with Gasteiger partial charge in [0, 0.05) is 0 Å². The molecule has 1 aliphatic rings. The van der Waals surface area contributed by atoms with Crippen molar-refractivity contribution in [1.82, 2.24) is 0 Å². The average molecular weight is 2220 g/mol. The molecular weight excluding hydrogens is 1980 g/mol. The van der Waals surface area contributed by atoms with Crippen molar-refractivity contribution < 1.29 is 0 Å². The second kappa shape index (κ2) is 46.9. The van der Waals surface area contributed by atoms with Gasteiger partial charge < -0.3 is 0 Å². The van der Waals surface area contributed by atoms with Crippen LogP contribution in [0.4, 0.5) is 0 Å². The fourth-order valence-corrected chi connectivity index (χ4v) is 118. The lowest BCUT2D eigenvalue weighted by Crippen LogP contribution is -2.82. The van der Waals surface area contributed by atoms with E-state index in [1.807, 2.05) is 57.9 Å². The van der Waals surface area contributed by atoms with Crippen LogP contribution in [0.3, 0.4) is 0 Å². The molecule has 0 nitrogen and oxygen atoms in total. The number of hydrogen-bond acceptors (Lipinski definition) is 0. The highest BCUT2D eigenvalue weighted by Crippen LogP contribution is 2.56. The highest BCUT2D eigenvalue weighted by Gasteiger charge is 2.64. The number of fused-ring (bicyclic) bond motifs is 2. The second-order valence-electron chi connectivity index (χ2n) is 61.7. The Morgan fingerprint density at radius 2 is 0.389 bits per heavy atom. The molecule has 8 aromatic carbocycles. The van der Waals surface area contributed by atoms with Crippen LogP contribution in [0, 0.1) is 0 Å². The van der Waals surface area contributed by atoms with Crippen molar-refractivity contribution in [1.29, 1.82) is 0 Å². The van der Waals surface area contributed by atoms with Crippen LogP contribution in [0.5, 0.6) is 0 Å². The van der Waals surface area contributed by atoms with E-state index in [4.69, 9.17) is 0 Å². The molecule has 0 aromatic heterocycles. The summed E-state index contributed by atoms with van der Waals surface area (Å²) >= 11 is 0. The predicted molar refractivity (Wildman–Crippen MR) is 731 cm³/mol. The van der Waals surface area contributed by atoms with Crippen LogP contribution in [-0.4, -0.2) is 110 Å². The molecule has 14 heteroatoms. The van der Waals surface area contributed by atoms with Gasteiger partial charge in [-0.2, -0.15) is 0 Å². The summed E-state index contributed by atoms with van der Waals surface area (Å²) in [5, 5.41) is 31.1. The topological polar surface area (TPSA) is 0 Å². The molecule has 9 rings (SSSR count). The van der Waals surface area contributed by atoms with Crippen molar-refractivity contribution in [2.45, 2.75) is 614 Å². The first-order chi connectivity index (χ1) is 68.2. The summed E-state index contributed by atoms with van der Waals surface area (Å²) in [5.74, 6) is 0. The van der Waals surface area contributed by atoms with Gasteiger partial charge in [0.15, 0.2) is 0 Å². The first-order valence-corrected chi connectivity index (χ1v) is 92.0. The lowest BCUT2D eigenvalue weighted by atomic mass is 9.35. The molecule has 0 N–H and O–H groups in total. The fourth-order valence-electron chi connectivity index (χ4n) is 42.5. The van der Waals surface area contributed by atoms with E-state index in [0.717, 1.165) is 0 Å². The van der Waals surface area contributed by atoms with Crippen molar-refractivity contribution in [3.05, 3.63) is 97.1 Å². The van der Waals surface area contributed by atoms with Gasteiger partial charge in [-0.05, 0) is 199 Å². The molecular formula is C135H240B2Si12. The van der Waals surface area contributed by atoms with E-state index in [2.05, 4.69) is 538 Å². The molecule has 1 aliphatic heterocycles. The third-order valence-corrected chi connectivity index (χ3v) is 120. The van der Waals surface area contributed by atoms with E-state index in [9.17, 15) is 0 Å². The fraction of sp³-hybridized carbons (Fsp3) is 0.704. The molecule has 0 saturated carbocycles. The summed E-state index contributed by atoms with van der Waals surface area (Å²) in [4.78, 5) is 0. The summed E-state index contributed by atoms with van der Waals surface area (Å²) in [7, 11) is -31.4. The minimum atomic E-state index is -2.80. The third-order valence-electron chi connectivity index (χ3n) is 45.7. The Balaban J connectivity index is 1.94. The molecule has 2 atom stereocenters. The maximum atomic E-state index is 3.24. The second-order valence-corrected chi connectivity index (χ2v) is 130. The van der Waals surface area contributed by atoms with Gasteiger partial charge in [-0.25, -0.2) is 0 Å². The van der Waals surface area contributed by atoms with Crippen molar-refractivity contribution in [2.24, 2.45) is 0 Å². The number of rotatable bonds is 44. The molecule has 0 aliphatic carbocycles. The van der Waals surface area contributed by atoms with Gasteiger partial charge in [-0.3, -0.25) is 0 Å². The van der Waals surface area contributed by atoms with Crippen LogP contribution in [0.15, 0.2) is 97.1 Å². The van der Waals surface area contributed by atoms with Gasteiger partial charge in [0.25, 0.3) is 0 Å². The highest BCUT2D eigenvalue weighted by atomic mass is 28.4. The first kappa shape index (κ1) is 130. The SMILES string of the molecule is CC(C)[Si](c1cc([Si](C)(C)C)c(B(c2c([Si](C(C)C)(C(C)C)C(C)C)cc([Si](C(C)C)(C(C)C)C(C)C)cc2[Si](C(C)C)(C(C)C)C(C)C)c2ccc3ccc4c(B(c5c([Si](C)(C)C)cc([Si](C(C)C)(C(C)C)C(C)C)cc5[Si](C(C)C)(C(C)C)C(C)C)c5c([Si](C(C)C)(C(C)C)C(C)C)cc6cc5[Si](C(C)C)(C(C)C)C(C)CC(C)[Si]6(C(C)C)C(C)C)ccc5ccc2c3c54)c([Si](C(C)C)(C(C)C)C(C)C)c1)(C(C)C)C(C)C. The molecule has 2 bridgehead atoms. The van der Waals surface area contributed by atoms with E-state index in [0.29, 0.717) is 166 Å². The lowest BCUT2D eigenvalue weighted by molar-refractivity contribution is 0.669. The van der Waals surface area contributed by atoms with Crippen molar-refractivity contribution >= 4 is 238 Å². The normalized spacial score (nSPS) is 16.5. The molecule has 2 unspecified atom stereocenters. The minimum Gasteiger partial charge on any atom is -0.0700 e. The largest absolute Gasteiger partial charge is 0.241 e. The predicted octanol–water partition coefficient (Wildman–Crippen LogP) is 34.9. The number of benzene rings is 8. The first-order valence-electron chi connectivity index (χ1n) is 62.7. The Labute approximate surface area is 940 Å². The van der Waals surface area contributed by atoms with Crippen LogP contribution < -0.4 is 95.0 Å². The van der Waals surface area contributed by atoms with Crippen LogP contribution in [-0.2, 0) is 0 Å². The van der Waals surface area contributed by atoms with Gasteiger partial charge in [-0.15, -0.1) is 0 Å². The Morgan fingerprint density at radius 1 is 0.208 bits per heavy atom.